The van der Waals surface area contributed by atoms with E-state index in [2.05, 4.69) is 5.32 Å². The summed E-state index contributed by atoms with van der Waals surface area (Å²) in [5.41, 5.74) is 11.1. The van der Waals surface area contributed by atoms with Crippen LogP contribution in [0.4, 0.5) is 0 Å². The molecule has 6 heteroatoms. The minimum Gasteiger partial charge on any atom is -0.484 e. The first kappa shape index (κ1) is 15.0. The molecule has 0 saturated carbocycles. The number of carbonyl (C=O) groups is 2. The molecule has 0 radical (unpaired) electrons. The molecule has 0 aromatic heterocycles. The van der Waals surface area contributed by atoms with E-state index in [0.717, 1.165) is 6.42 Å². The Kier molecular flexibility index (Phi) is 5.81. The Labute approximate surface area is 112 Å². The van der Waals surface area contributed by atoms with Gasteiger partial charge in [0.1, 0.15) is 5.75 Å². The van der Waals surface area contributed by atoms with Gasteiger partial charge >= 0.3 is 0 Å². The molecule has 1 aromatic rings. The Morgan fingerprint density at radius 3 is 2.47 bits per heavy atom. The molecule has 1 unspecified atom stereocenters. The largest absolute Gasteiger partial charge is 0.484 e. The lowest BCUT2D eigenvalue weighted by Crippen LogP contribution is -2.28. The molecule has 104 valence electrons. The molecule has 0 saturated heterocycles. The zero-order valence-corrected chi connectivity index (χ0v) is 10.9. The molecule has 1 rings (SSSR count). The SMILES string of the molecule is CC(N)CCNC(=O)c1ccc(OCC(N)=O)cc1. The first-order chi connectivity index (χ1) is 8.99. The molecular formula is C13H19N3O3. The van der Waals surface area contributed by atoms with E-state index >= 15 is 0 Å². The third-order valence-corrected chi connectivity index (χ3v) is 2.38. The number of ether oxygens (including phenoxy) is 1. The molecular weight excluding hydrogens is 246 g/mol. The fraction of sp³-hybridized carbons (Fsp3) is 0.385. The van der Waals surface area contributed by atoms with Gasteiger partial charge in [-0.1, -0.05) is 0 Å². The summed E-state index contributed by atoms with van der Waals surface area (Å²) in [6, 6.07) is 6.53. The maximum absolute atomic E-state index is 11.7. The van der Waals surface area contributed by atoms with Crippen LogP contribution in [-0.2, 0) is 4.79 Å². The van der Waals surface area contributed by atoms with E-state index in [1.807, 2.05) is 6.92 Å². The van der Waals surface area contributed by atoms with Crippen molar-refractivity contribution in [3.63, 3.8) is 0 Å². The summed E-state index contributed by atoms with van der Waals surface area (Å²) in [6.07, 6.45) is 0.728. The van der Waals surface area contributed by atoms with Gasteiger partial charge in [-0.2, -0.15) is 0 Å². The van der Waals surface area contributed by atoms with Crippen LogP contribution in [0.2, 0.25) is 0 Å². The van der Waals surface area contributed by atoms with Crippen molar-refractivity contribution in [2.75, 3.05) is 13.2 Å². The van der Waals surface area contributed by atoms with Gasteiger partial charge in [0, 0.05) is 18.2 Å². The second kappa shape index (κ2) is 7.38. The summed E-state index contributed by atoms with van der Waals surface area (Å²) in [5.74, 6) is -0.217. The molecule has 0 heterocycles. The van der Waals surface area contributed by atoms with Crippen LogP contribution in [0.25, 0.3) is 0 Å². The van der Waals surface area contributed by atoms with Gasteiger partial charge in [0.2, 0.25) is 0 Å². The van der Waals surface area contributed by atoms with E-state index in [1.54, 1.807) is 24.3 Å². The van der Waals surface area contributed by atoms with Gasteiger partial charge in [-0.15, -0.1) is 0 Å². The lowest BCUT2D eigenvalue weighted by molar-refractivity contribution is -0.119. The van der Waals surface area contributed by atoms with Crippen LogP contribution in [0.3, 0.4) is 0 Å². The Bertz CT molecular complexity index is 429. The van der Waals surface area contributed by atoms with Crippen LogP contribution < -0.4 is 21.5 Å². The standard InChI is InChI=1S/C13H19N3O3/c1-9(14)6-7-16-13(18)10-2-4-11(5-3-10)19-8-12(15)17/h2-5,9H,6-8,14H2,1H3,(H2,15,17)(H,16,18). The lowest BCUT2D eigenvalue weighted by Gasteiger charge is -2.08. The van der Waals surface area contributed by atoms with Crippen LogP contribution in [0.1, 0.15) is 23.7 Å². The average Bonchev–Trinajstić information content (AvgIpc) is 2.36. The topological polar surface area (TPSA) is 107 Å². The smallest absolute Gasteiger partial charge is 0.255 e. The van der Waals surface area contributed by atoms with E-state index in [-0.39, 0.29) is 18.6 Å². The molecule has 0 bridgehead atoms. The normalized spacial score (nSPS) is 11.7. The Morgan fingerprint density at radius 2 is 1.95 bits per heavy atom. The number of carbonyl (C=O) groups excluding carboxylic acids is 2. The monoisotopic (exact) mass is 265 g/mol. The fourth-order valence-corrected chi connectivity index (χ4v) is 1.37. The van der Waals surface area contributed by atoms with E-state index in [9.17, 15) is 9.59 Å². The molecule has 1 atom stereocenters. The van der Waals surface area contributed by atoms with Crippen molar-refractivity contribution in [1.82, 2.24) is 5.32 Å². The Morgan fingerprint density at radius 1 is 1.32 bits per heavy atom. The summed E-state index contributed by atoms with van der Waals surface area (Å²) >= 11 is 0. The molecule has 6 nitrogen and oxygen atoms in total. The van der Waals surface area contributed by atoms with E-state index in [0.29, 0.717) is 17.9 Å². The van der Waals surface area contributed by atoms with Crippen molar-refractivity contribution in [3.05, 3.63) is 29.8 Å². The number of hydrogen-bond donors (Lipinski definition) is 3. The van der Waals surface area contributed by atoms with Crippen LogP contribution in [0.15, 0.2) is 24.3 Å². The maximum Gasteiger partial charge on any atom is 0.255 e. The van der Waals surface area contributed by atoms with Gasteiger partial charge in [-0.25, -0.2) is 0 Å². The first-order valence-corrected chi connectivity index (χ1v) is 6.04. The van der Waals surface area contributed by atoms with Crippen molar-refractivity contribution in [3.8, 4) is 5.75 Å². The predicted molar refractivity (Wildman–Crippen MR) is 71.7 cm³/mol. The predicted octanol–water partition coefficient (Wildman–Crippen LogP) is 0.0178. The number of hydrogen-bond acceptors (Lipinski definition) is 4. The summed E-state index contributed by atoms with van der Waals surface area (Å²) < 4.78 is 5.09. The van der Waals surface area contributed by atoms with Gasteiger partial charge in [-0.3, -0.25) is 9.59 Å². The van der Waals surface area contributed by atoms with Gasteiger partial charge in [0.25, 0.3) is 11.8 Å². The number of primary amides is 1. The average molecular weight is 265 g/mol. The van der Waals surface area contributed by atoms with Crippen LogP contribution >= 0.6 is 0 Å². The van der Waals surface area contributed by atoms with Crippen molar-refractivity contribution in [2.45, 2.75) is 19.4 Å². The molecule has 0 aliphatic carbocycles. The molecule has 0 fully saturated rings. The lowest BCUT2D eigenvalue weighted by atomic mass is 10.2. The third kappa shape index (κ3) is 5.87. The molecule has 0 aliphatic heterocycles. The van der Waals surface area contributed by atoms with Crippen LogP contribution in [0, 0.1) is 0 Å². The van der Waals surface area contributed by atoms with Crippen molar-refractivity contribution in [1.29, 1.82) is 0 Å². The first-order valence-electron chi connectivity index (χ1n) is 6.04. The zero-order valence-electron chi connectivity index (χ0n) is 10.9. The van der Waals surface area contributed by atoms with E-state index in [4.69, 9.17) is 16.2 Å². The number of nitrogens with one attached hydrogen (secondary N) is 1. The highest BCUT2D eigenvalue weighted by atomic mass is 16.5. The van der Waals surface area contributed by atoms with Crippen LogP contribution in [-0.4, -0.2) is 31.0 Å². The quantitative estimate of drug-likeness (QED) is 0.645. The van der Waals surface area contributed by atoms with Crippen molar-refractivity contribution in [2.24, 2.45) is 11.5 Å². The fourth-order valence-electron chi connectivity index (χ4n) is 1.37. The molecule has 0 aliphatic rings. The summed E-state index contributed by atoms with van der Waals surface area (Å²) in [5, 5.41) is 2.77. The molecule has 19 heavy (non-hydrogen) atoms. The van der Waals surface area contributed by atoms with E-state index in [1.165, 1.54) is 0 Å². The highest BCUT2D eigenvalue weighted by Gasteiger charge is 2.06. The maximum atomic E-state index is 11.7. The molecule has 1 aromatic carbocycles. The minimum absolute atomic E-state index is 0.0601. The zero-order chi connectivity index (χ0) is 14.3. The van der Waals surface area contributed by atoms with E-state index < -0.39 is 5.91 Å². The van der Waals surface area contributed by atoms with Crippen molar-refractivity contribution >= 4 is 11.8 Å². The second-order valence-electron chi connectivity index (χ2n) is 4.30. The summed E-state index contributed by atoms with van der Waals surface area (Å²) in [6.45, 7) is 2.24. The third-order valence-electron chi connectivity index (χ3n) is 2.38. The number of nitrogens with two attached hydrogens (primary N) is 2. The van der Waals surface area contributed by atoms with Crippen LogP contribution in [0.5, 0.6) is 5.75 Å². The molecule has 0 spiro atoms. The van der Waals surface area contributed by atoms with Gasteiger partial charge in [-0.05, 0) is 37.6 Å². The molecule has 5 N–H and O–H groups in total. The highest BCUT2D eigenvalue weighted by Crippen LogP contribution is 2.11. The Hall–Kier alpha value is -2.08. The van der Waals surface area contributed by atoms with Gasteiger partial charge in [0.05, 0.1) is 0 Å². The van der Waals surface area contributed by atoms with Crippen molar-refractivity contribution < 1.29 is 14.3 Å². The van der Waals surface area contributed by atoms with Gasteiger partial charge < -0.3 is 21.5 Å². The number of benzene rings is 1. The number of rotatable bonds is 7. The molecule has 2 amide bonds. The summed E-state index contributed by atoms with van der Waals surface area (Å²) in [4.78, 5) is 22.3. The second-order valence-corrected chi connectivity index (χ2v) is 4.30. The Balaban J connectivity index is 2.46. The minimum atomic E-state index is -0.544. The highest BCUT2D eigenvalue weighted by molar-refractivity contribution is 5.94. The summed E-state index contributed by atoms with van der Waals surface area (Å²) in [7, 11) is 0. The number of amides is 2. The van der Waals surface area contributed by atoms with Gasteiger partial charge in [0.15, 0.2) is 6.61 Å².